The van der Waals surface area contributed by atoms with Crippen molar-refractivity contribution in [2.45, 2.75) is 12.6 Å². The maximum Gasteiger partial charge on any atom is 0.250 e. The quantitative estimate of drug-likeness (QED) is 0.808. The Kier molecular flexibility index (Phi) is 7.72. The summed E-state index contributed by atoms with van der Waals surface area (Å²) in [5, 5.41) is 6.03. The molecule has 0 saturated carbocycles. The Morgan fingerprint density at radius 3 is 2.58 bits per heavy atom. The molecule has 140 valence electrons. The molecule has 3 rings (SSSR count). The molecule has 1 fully saturated rings. The van der Waals surface area contributed by atoms with E-state index in [4.69, 9.17) is 14.2 Å². The fourth-order valence-electron chi connectivity index (χ4n) is 2.54. The molecule has 2 aromatic rings. The highest BCUT2D eigenvalue weighted by Gasteiger charge is 2.21. The first-order valence-electron chi connectivity index (χ1n) is 8.26. The SMILES string of the molecule is COc1ccccc1Oc1ccc(CNC(=O)C2CNCCO2)cc1.Cl. The van der Waals surface area contributed by atoms with Gasteiger partial charge in [-0.15, -0.1) is 12.4 Å². The number of amides is 1. The van der Waals surface area contributed by atoms with Crippen LogP contribution < -0.4 is 20.1 Å². The number of para-hydroxylation sites is 2. The van der Waals surface area contributed by atoms with Gasteiger partial charge in [-0.25, -0.2) is 0 Å². The van der Waals surface area contributed by atoms with Crippen LogP contribution in [-0.4, -0.2) is 38.8 Å². The Labute approximate surface area is 159 Å². The van der Waals surface area contributed by atoms with Gasteiger partial charge in [0.25, 0.3) is 5.91 Å². The number of benzene rings is 2. The van der Waals surface area contributed by atoms with Gasteiger partial charge in [-0.1, -0.05) is 24.3 Å². The average Bonchev–Trinajstić information content (AvgIpc) is 2.68. The van der Waals surface area contributed by atoms with E-state index in [1.807, 2.05) is 48.5 Å². The Morgan fingerprint density at radius 1 is 1.19 bits per heavy atom. The van der Waals surface area contributed by atoms with Gasteiger partial charge in [0.05, 0.1) is 13.7 Å². The minimum Gasteiger partial charge on any atom is -0.493 e. The van der Waals surface area contributed by atoms with Crippen LogP contribution in [-0.2, 0) is 16.1 Å². The van der Waals surface area contributed by atoms with Gasteiger partial charge in [0.2, 0.25) is 0 Å². The van der Waals surface area contributed by atoms with Gasteiger partial charge in [0.15, 0.2) is 11.5 Å². The minimum absolute atomic E-state index is 0. The molecule has 0 bridgehead atoms. The van der Waals surface area contributed by atoms with Crippen LogP contribution in [0.5, 0.6) is 17.2 Å². The van der Waals surface area contributed by atoms with E-state index in [1.165, 1.54) is 0 Å². The maximum atomic E-state index is 12.0. The maximum absolute atomic E-state index is 12.0. The highest BCUT2D eigenvalue weighted by atomic mass is 35.5. The number of carbonyl (C=O) groups is 1. The zero-order valence-electron chi connectivity index (χ0n) is 14.6. The first-order chi connectivity index (χ1) is 12.3. The predicted molar refractivity (Wildman–Crippen MR) is 101 cm³/mol. The molecule has 0 radical (unpaired) electrons. The van der Waals surface area contributed by atoms with Crippen LogP contribution in [0.4, 0.5) is 0 Å². The summed E-state index contributed by atoms with van der Waals surface area (Å²) in [7, 11) is 1.61. The van der Waals surface area contributed by atoms with Crippen LogP contribution >= 0.6 is 12.4 Å². The molecular weight excluding hydrogens is 356 g/mol. The molecule has 2 aromatic carbocycles. The molecule has 1 unspecified atom stereocenters. The number of nitrogens with one attached hydrogen (secondary N) is 2. The van der Waals surface area contributed by atoms with Gasteiger partial charge in [0.1, 0.15) is 11.9 Å². The summed E-state index contributed by atoms with van der Waals surface area (Å²) in [4.78, 5) is 12.0. The predicted octanol–water partition coefficient (Wildman–Crippen LogP) is 2.51. The van der Waals surface area contributed by atoms with E-state index >= 15 is 0 Å². The number of morpholine rings is 1. The number of rotatable bonds is 6. The first-order valence-corrected chi connectivity index (χ1v) is 8.26. The summed E-state index contributed by atoms with van der Waals surface area (Å²) in [6, 6.07) is 15.1. The van der Waals surface area contributed by atoms with E-state index < -0.39 is 6.10 Å². The molecule has 2 N–H and O–H groups in total. The third-order valence-electron chi connectivity index (χ3n) is 3.91. The lowest BCUT2D eigenvalue weighted by molar-refractivity contribution is -0.134. The number of hydrogen-bond acceptors (Lipinski definition) is 5. The lowest BCUT2D eigenvalue weighted by atomic mass is 10.2. The van der Waals surface area contributed by atoms with Crippen LogP contribution in [0, 0.1) is 0 Å². The van der Waals surface area contributed by atoms with E-state index in [0.717, 1.165) is 12.1 Å². The Morgan fingerprint density at radius 2 is 1.92 bits per heavy atom. The van der Waals surface area contributed by atoms with Gasteiger partial charge in [0, 0.05) is 19.6 Å². The summed E-state index contributed by atoms with van der Waals surface area (Å²) in [6.07, 6.45) is -0.415. The van der Waals surface area contributed by atoms with E-state index in [9.17, 15) is 4.79 Å². The van der Waals surface area contributed by atoms with Crippen molar-refractivity contribution in [2.75, 3.05) is 26.8 Å². The Balaban J connectivity index is 0.00000243. The molecule has 0 aromatic heterocycles. The third kappa shape index (κ3) is 5.36. The minimum atomic E-state index is -0.415. The van der Waals surface area contributed by atoms with E-state index in [1.54, 1.807) is 7.11 Å². The fraction of sp³-hybridized carbons (Fsp3) is 0.316. The second-order valence-electron chi connectivity index (χ2n) is 5.68. The van der Waals surface area contributed by atoms with Crippen molar-refractivity contribution < 1.29 is 19.0 Å². The molecule has 1 amide bonds. The Bertz CT molecular complexity index is 703. The highest BCUT2D eigenvalue weighted by Crippen LogP contribution is 2.30. The van der Waals surface area contributed by atoms with Gasteiger partial charge in [-0.2, -0.15) is 0 Å². The third-order valence-corrected chi connectivity index (χ3v) is 3.91. The molecule has 1 aliphatic rings. The molecule has 6 nitrogen and oxygen atoms in total. The summed E-state index contributed by atoms with van der Waals surface area (Å²) in [5.41, 5.74) is 0.990. The number of ether oxygens (including phenoxy) is 3. The molecule has 26 heavy (non-hydrogen) atoms. The normalized spacial score (nSPS) is 16.3. The molecule has 1 heterocycles. The fourth-order valence-corrected chi connectivity index (χ4v) is 2.54. The monoisotopic (exact) mass is 378 g/mol. The van der Waals surface area contributed by atoms with Crippen molar-refractivity contribution in [2.24, 2.45) is 0 Å². The molecule has 0 aliphatic carbocycles. The van der Waals surface area contributed by atoms with Crippen molar-refractivity contribution in [1.82, 2.24) is 10.6 Å². The molecular formula is C19H23ClN2O4. The van der Waals surface area contributed by atoms with Gasteiger partial charge in [-0.05, 0) is 29.8 Å². The van der Waals surface area contributed by atoms with E-state index in [-0.39, 0.29) is 18.3 Å². The van der Waals surface area contributed by atoms with Crippen molar-refractivity contribution >= 4 is 18.3 Å². The average molecular weight is 379 g/mol. The number of methoxy groups -OCH3 is 1. The standard InChI is InChI=1S/C19H22N2O4.ClH/c1-23-16-4-2-3-5-17(16)25-15-8-6-14(7-9-15)12-21-19(22)18-13-20-10-11-24-18;/h2-9,18,20H,10-13H2,1H3,(H,21,22);1H. The number of carbonyl (C=O) groups excluding carboxylic acids is 1. The first kappa shape index (κ1) is 20.0. The second-order valence-corrected chi connectivity index (χ2v) is 5.68. The largest absolute Gasteiger partial charge is 0.493 e. The summed E-state index contributed by atoms with van der Waals surface area (Å²) in [5.74, 6) is 1.95. The van der Waals surface area contributed by atoms with Gasteiger partial charge in [-0.3, -0.25) is 4.79 Å². The molecule has 1 saturated heterocycles. The van der Waals surface area contributed by atoms with Crippen molar-refractivity contribution in [3.05, 3.63) is 54.1 Å². The lowest BCUT2D eigenvalue weighted by Gasteiger charge is -2.22. The zero-order chi connectivity index (χ0) is 17.5. The van der Waals surface area contributed by atoms with Crippen LogP contribution in [0.2, 0.25) is 0 Å². The molecule has 1 aliphatic heterocycles. The van der Waals surface area contributed by atoms with E-state index in [0.29, 0.717) is 36.9 Å². The molecule has 0 spiro atoms. The van der Waals surface area contributed by atoms with Gasteiger partial charge < -0.3 is 24.8 Å². The van der Waals surface area contributed by atoms with Gasteiger partial charge >= 0.3 is 0 Å². The van der Waals surface area contributed by atoms with Crippen molar-refractivity contribution in [3.8, 4) is 17.2 Å². The molecule has 1 atom stereocenters. The van der Waals surface area contributed by atoms with Crippen molar-refractivity contribution in [3.63, 3.8) is 0 Å². The van der Waals surface area contributed by atoms with Crippen LogP contribution in [0.15, 0.2) is 48.5 Å². The topological polar surface area (TPSA) is 68.8 Å². The second kappa shape index (κ2) is 10.0. The zero-order valence-corrected chi connectivity index (χ0v) is 15.4. The smallest absolute Gasteiger partial charge is 0.250 e. The van der Waals surface area contributed by atoms with Crippen molar-refractivity contribution in [1.29, 1.82) is 0 Å². The summed E-state index contributed by atoms with van der Waals surface area (Å²) in [6.45, 7) is 2.36. The van der Waals surface area contributed by atoms with E-state index in [2.05, 4.69) is 10.6 Å². The number of hydrogen-bond donors (Lipinski definition) is 2. The van der Waals surface area contributed by atoms with Crippen LogP contribution in [0.25, 0.3) is 0 Å². The van der Waals surface area contributed by atoms with Crippen LogP contribution in [0.3, 0.4) is 0 Å². The number of halogens is 1. The highest BCUT2D eigenvalue weighted by molar-refractivity contribution is 5.85. The summed E-state index contributed by atoms with van der Waals surface area (Å²) < 4.78 is 16.5. The lowest BCUT2D eigenvalue weighted by Crippen LogP contribution is -2.47. The summed E-state index contributed by atoms with van der Waals surface area (Å²) >= 11 is 0. The van der Waals surface area contributed by atoms with Crippen LogP contribution in [0.1, 0.15) is 5.56 Å². The molecule has 7 heteroatoms. The Hall–Kier alpha value is -2.28.